The molecule has 0 aliphatic carbocycles. The first-order chi connectivity index (χ1) is 10.1. The Morgan fingerprint density at radius 2 is 2.05 bits per heavy atom. The maximum atomic E-state index is 4.82. The third kappa shape index (κ3) is 2.67. The summed E-state index contributed by atoms with van der Waals surface area (Å²) in [6, 6.07) is 8.30. The minimum Gasteiger partial charge on any atom is -0.354 e. The highest BCUT2D eigenvalue weighted by atomic mass is 15.3. The van der Waals surface area contributed by atoms with Gasteiger partial charge in [-0.25, -0.2) is 4.98 Å². The van der Waals surface area contributed by atoms with Crippen LogP contribution in [0, 0.1) is 0 Å². The molecule has 2 heterocycles. The maximum Gasteiger partial charge on any atom is 0.225 e. The van der Waals surface area contributed by atoms with Crippen LogP contribution in [0.5, 0.6) is 0 Å². The van der Waals surface area contributed by atoms with Crippen LogP contribution in [0.2, 0.25) is 0 Å². The monoisotopic (exact) mass is 284 g/mol. The first kappa shape index (κ1) is 14.1. The molecule has 0 unspecified atom stereocenters. The quantitative estimate of drug-likeness (QED) is 0.926. The van der Waals surface area contributed by atoms with Crippen molar-refractivity contribution in [3.8, 4) is 0 Å². The normalized spacial score (nSPS) is 17.4. The molecule has 2 aromatic rings. The molecule has 1 N–H and O–H groups in total. The molecule has 0 bridgehead atoms. The van der Waals surface area contributed by atoms with E-state index in [1.54, 1.807) is 0 Å². The predicted molar refractivity (Wildman–Crippen MR) is 89.0 cm³/mol. The summed E-state index contributed by atoms with van der Waals surface area (Å²) >= 11 is 0. The van der Waals surface area contributed by atoms with E-state index >= 15 is 0 Å². The summed E-state index contributed by atoms with van der Waals surface area (Å²) in [7, 11) is 0. The molecular weight excluding hydrogens is 260 g/mol. The Kier molecular flexibility index (Phi) is 3.70. The number of aromatic nitrogens is 2. The van der Waals surface area contributed by atoms with E-state index in [-0.39, 0.29) is 5.54 Å². The second-order valence-corrected chi connectivity index (χ2v) is 6.38. The number of anilines is 2. The Morgan fingerprint density at radius 3 is 2.76 bits per heavy atom. The highest BCUT2D eigenvalue weighted by Gasteiger charge is 2.34. The molecule has 0 amide bonds. The smallest absolute Gasteiger partial charge is 0.225 e. The molecule has 0 spiro atoms. The second kappa shape index (κ2) is 5.51. The lowest BCUT2D eigenvalue weighted by Gasteiger charge is -2.33. The Labute approximate surface area is 126 Å². The number of para-hydroxylation sites is 1. The van der Waals surface area contributed by atoms with Crippen LogP contribution >= 0.6 is 0 Å². The SMILES string of the molecule is CCCNc1nc(N2CCCC2(C)C)c2ccccc2n1. The van der Waals surface area contributed by atoms with E-state index in [9.17, 15) is 0 Å². The summed E-state index contributed by atoms with van der Waals surface area (Å²) in [6.07, 6.45) is 3.51. The maximum absolute atomic E-state index is 4.82. The van der Waals surface area contributed by atoms with Gasteiger partial charge < -0.3 is 10.2 Å². The summed E-state index contributed by atoms with van der Waals surface area (Å²) in [5.74, 6) is 1.81. The minimum absolute atomic E-state index is 0.166. The molecule has 3 rings (SSSR count). The van der Waals surface area contributed by atoms with E-state index in [4.69, 9.17) is 4.98 Å². The minimum atomic E-state index is 0.166. The third-order valence-electron chi connectivity index (χ3n) is 4.27. The molecule has 0 radical (unpaired) electrons. The number of fused-ring (bicyclic) bond motifs is 1. The molecule has 21 heavy (non-hydrogen) atoms. The zero-order valence-electron chi connectivity index (χ0n) is 13.2. The number of rotatable bonds is 4. The van der Waals surface area contributed by atoms with Crippen molar-refractivity contribution in [1.82, 2.24) is 9.97 Å². The number of nitrogens with zero attached hydrogens (tertiary/aromatic N) is 3. The summed E-state index contributed by atoms with van der Waals surface area (Å²) in [5.41, 5.74) is 1.18. The number of nitrogens with one attached hydrogen (secondary N) is 1. The highest BCUT2D eigenvalue weighted by molar-refractivity contribution is 5.91. The van der Waals surface area contributed by atoms with Crippen LogP contribution < -0.4 is 10.2 Å². The summed E-state index contributed by atoms with van der Waals surface area (Å²) in [4.78, 5) is 11.9. The first-order valence-electron chi connectivity index (χ1n) is 7.90. The molecule has 112 valence electrons. The fourth-order valence-corrected chi connectivity index (χ4v) is 3.08. The molecule has 0 saturated carbocycles. The van der Waals surface area contributed by atoms with Gasteiger partial charge in [0, 0.05) is 24.0 Å². The van der Waals surface area contributed by atoms with Gasteiger partial charge in [-0.3, -0.25) is 0 Å². The van der Waals surface area contributed by atoms with E-state index in [1.807, 2.05) is 6.07 Å². The van der Waals surface area contributed by atoms with Crippen molar-refractivity contribution in [3.63, 3.8) is 0 Å². The molecule has 1 aromatic carbocycles. The average Bonchev–Trinajstić information content (AvgIpc) is 2.83. The second-order valence-electron chi connectivity index (χ2n) is 6.38. The Morgan fingerprint density at radius 1 is 1.24 bits per heavy atom. The molecule has 1 aliphatic heterocycles. The first-order valence-corrected chi connectivity index (χ1v) is 7.90. The third-order valence-corrected chi connectivity index (χ3v) is 4.27. The van der Waals surface area contributed by atoms with E-state index in [2.05, 4.69) is 54.2 Å². The molecular formula is C17H24N4. The predicted octanol–water partition coefficient (Wildman–Crippen LogP) is 3.83. The van der Waals surface area contributed by atoms with Crippen LogP contribution in [0.15, 0.2) is 24.3 Å². The van der Waals surface area contributed by atoms with Crippen molar-refractivity contribution < 1.29 is 0 Å². The zero-order chi connectivity index (χ0) is 14.9. The lowest BCUT2D eigenvalue weighted by molar-refractivity contribution is 0.515. The van der Waals surface area contributed by atoms with Crippen LogP contribution in [-0.4, -0.2) is 28.6 Å². The summed E-state index contributed by atoms with van der Waals surface area (Å²) in [5, 5.41) is 4.48. The highest BCUT2D eigenvalue weighted by Crippen LogP contribution is 2.36. The Hall–Kier alpha value is -1.84. The largest absolute Gasteiger partial charge is 0.354 e. The van der Waals surface area contributed by atoms with Crippen LogP contribution in [0.4, 0.5) is 11.8 Å². The van der Waals surface area contributed by atoms with Crippen LogP contribution in [0.25, 0.3) is 10.9 Å². The van der Waals surface area contributed by atoms with E-state index in [1.165, 1.54) is 12.8 Å². The van der Waals surface area contributed by atoms with Crippen LogP contribution in [-0.2, 0) is 0 Å². The topological polar surface area (TPSA) is 41.1 Å². The van der Waals surface area contributed by atoms with Gasteiger partial charge in [-0.15, -0.1) is 0 Å². The van der Waals surface area contributed by atoms with Gasteiger partial charge in [-0.05, 0) is 45.2 Å². The van der Waals surface area contributed by atoms with Crippen LogP contribution in [0.3, 0.4) is 0 Å². The molecule has 0 atom stereocenters. The van der Waals surface area contributed by atoms with Gasteiger partial charge in [-0.1, -0.05) is 19.1 Å². The fourth-order valence-electron chi connectivity index (χ4n) is 3.08. The van der Waals surface area contributed by atoms with Crippen molar-refractivity contribution >= 4 is 22.7 Å². The molecule has 1 fully saturated rings. The van der Waals surface area contributed by atoms with Crippen LogP contribution in [0.1, 0.15) is 40.0 Å². The van der Waals surface area contributed by atoms with E-state index in [0.717, 1.165) is 42.2 Å². The van der Waals surface area contributed by atoms with E-state index in [0.29, 0.717) is 0 Å². The fraction of sp³-hybridized carbons (Fsp3) is 0.529. The van der Waals surface area contributed by atoms with Crippen molar-refractivity contribution in [2.24, 2.45) is 0 Å². The van der Waals surface area contributed by atoms with Gasteiger partial charge in [0.15, 0.2) is 0 Å². The van der Waals surface area contributed by atoms with Crippen molar-refractivity contribution in [1.29, 1.82) is 0 Å². The van der Waals surface area contributed by atoms with Gasteiger partial charge in [-0.2, -0.15) is 4.98 Å². The zero-order valence-corrected chi connectivity index (χ0v) is 13.2. The van der Waals surface area contributed by atoms with Gasteiger partial charge in [0.1, 0.15) is 5.82 Å². The molecule has 1 aromatic heterocycles. The average molecular weight is 284 g/mol. The van der Waals surface area contributed by atoms with Crippen molar-refractivity contribution in [2.75, 3.05) is 23.3 Å². The Balaban J connectivity index is 2.10. The lowest BCUT2D eigenvalue weighted by Crippen LogP contribution is -2.39. The Bertz CT molecular complexity index is 636. The number of benzene rings is 1. The molecule has 4 nitrogen and oxygen atoms in total. The molecule has 1 aliphatic rings. The number of hydrogen-bond donors (Lipinski definition) is 1. The lowest BCUT2D eigenvalue weighted by atomic mass is 10.0. The van der Waals surface area contributed by atoms with Crippen molar-refractivity contribution in [3.05, 3.63) is 24.3 Å². The molecule has 4 heteroatoms. The summed E-state index contributed by atoms with van der Waals surface area (Å²) < 4.78 is 0. The van der Waals surface area contributed by atoms with Gasteiger partial charge in [0.05, 0.1) is 5.52 Å². The number of hydrogen-bond acceptors (Lipinski definition) is 4. The van der Waals surface area contributed by atoms with E-state index < -0.39 is 0 Å². The standard InChI is InChI=1S/C17H24N4/c1-4-11-18-16-19-14-9-6-5-8-13(14)15(20-16)21-12-7-10-17(21,2)3/h5-6,8-9H,4,7,10-12H2,1-3H3,(H,18,19,20). The van der Waals surface area contributed by atoms with Gasteiger partial charge in [0.25, 0.3) is 0 Å². The molecule has 1 saturated heterocycles. The van der Waals surface area contributed by atoms with Gasteiger partial charge >= 0.3 is 0 Å². The van der Waals surface area contributed by atoms with Crippen molar-refractivity contribution in [2.45, 2.75) is 45.6 Å². The summed E-state index contributed by atoms with van der Waals surface area (Å²) in [6.45, 7) is 8.73. The van der Waals surface area contributed by atoms with Gasteiger partial charge in [0.2, 0.25) is 5.95 Å².